The molecule has 1 aliphatic carbocycles. The summed E-state index contributed by atoms with van der Waals surface area (Å²) in [7, 11) is 1.95. The number of thioether (sulfide) groups is 2. The molecule has 1 saturated carbocycles. The first-order valence-corrected chi connectivity index (χ1v) is 10.4. The molecule has 1 aliphatic heterocycles. The number of nitrogens with zero attached hydrogens (tertiary/aromatic N) is 4. The van der Waals surface area contributed by atoms with Gasteiger partial charge < -0.3 is 9.47 Å². The van der Waals surface area contributed by atoms with Gasteiger partial charge in [-0.2, -0.15) is 0 Å². The van der Waals surface area contributed by atoms with Crippen LogP contribution in [0.5, 0.6) is 0 Å². The van der Waals surface area contributed by atoms with E-state index in [0.717, 1.165) is 16.7 Å². The standard InChI is InChI=1S/C17H19FN4OS2/c1-21-15(11-6-7-11)19-20-17(21)25-10-14(23)22-8-9-24-16(22)12-4-2-3-5-13(12)18/h2-5,11,16H,6-10H2,1H3/t16-/m0/s1. The van der Waals surface area contributed by atoms with E-state index in [1.54, 1.807) is 28.8 Å². The minimum Gasteiger partial charge on any atom is -0.325 e. The van der Waals surface area contributed by atoms with Gasteiger partial charge in [-0.25, -0.2) is 4.39 Å². The fourth-order valence-corrected chi connectivity index (χ4v) is 5.12. The third kappa shape index (κ3) is 3.42. The molecule has 0 radical (unpaired) electrons. The van der Waals surface area contributed by atoms with E-state index in [1.807, 2.05) is 17.7 Å². The Morgan fingerprint density at radius 3 is 2.92 bits per heavy atom. The van der Waals surface area contributed by atoms with Gasteiger partial charge in [-0.1, -0.05) is 30.0 Å². The van der Waals surface area contributed by atoms with E-state index >= 15 is 0 Å². The third-order valence-electron chi connectivity index (χ3n) is 4.52. The maximum atomic E-state index is 14.1. The third-order valence-corrected chi connectivity index (χ3v) is 6.77. The van der Waals surface area contributed by atoms with E-state index in [1.165, 1.54) is 30.7 Å². The number of carbonyl (C=O) groups is 1. The van der Waals surface area contributed by atoms with Gasteiger partial charge in [-0.3, -0.25) is 4.79 Å². The predicted molar refractivity (Wildman–Crippen MR) is 97.0 cm³/mol. The molecule has 25 heavy (non-hydrogen) atoms. The van der Waals surface area contributed by atoms with Crippen molar-refractivity contribution in [1.82, 2.24) is 19.7 Å². The van der Waals surface area contributed by atoms with E-state index in [0.29, 0.717) is 23.8 Å². The lowest BCUT2D eigenvalue weighted by Crippen LogP contribution is -2.32. The molecule has 1 aromatic carbocycles. The minimum absolute atomic E-state index is 0.0132. The van der Waals surface area contributed by atoms with Crippen LogP contribution < -0.4 is 0 Å². The average molecular weight is 378 g/mol. The summed E-state index contributed by atoms with van der Waals surface area (Å²) in [6.07, 6.45) is 2.34. The van der Waals surface area contributed by atoms with E-state index in [9.17, 15) is 9.18 Å². The van der Waals surface area contributed by atoms with E-state index in [4.69, 9.17) is 0 Å². The van der Waals surface area contributed by atoms with Crippen LogP contribution in [-0.4, -0.2) is 43.6 Å². The molecular formula is C17H19FN4OS2. The van der Waals surface area contributed by atoms with E-state index < -0.39 is 0 Å². The van der Waals surface area contributed by atoms with Gasteiger partial charge in [0, 0.05) is 30.8 Å². The molecule has 0 unspecified atom stereocenters. The molecule has 132 valence electrons. The number of benzene rings is 1. The van der Waals surface area contributed by atoms with Crippen molar-refractivity contribution in [2.24, 2.45) is 7.05 Å². The molecule has 0 bridgehead atoms. The molecule has 1 amide bonds. The summed E-state index contributed by atoms with van der Waals surface area (Å²) >= 11 is 3.01. The maximum Gasteiger partial charge on any atom is 0.234 e. The van der Waals surface area contributed by atoms with Gasteiger partial charge in [0.25, 0.3) is 0 Å². The largest absolute Gasteiger partial charge is 0.325 e. The number of halogens is 1. The fraction of sp³-hybridized carbons (Fsp3) is 0.471. The Kier molecular flexibility index (Phi) is 4.73. The second kappa shape index (κ2) is 6.99. The van der Waals surface area contributed by atoms with Crippen molar-refractivity contribution in [3.05, 3.63) is 41.5 Å². The quantitative estimate of drug-likeness (QED) is 0.748. The Morgan fingerprint density at radius 1 is 1.36 bits per heavy atom. The van der Waals surface area contributed by atoms with Crippen LogP contribution in [0.4, 0.5) is 4.39 Å². The first-order valence-electron chi connectivity index (χ1n) is 8.32. The molecule has 4 rings (SSSR count). The van der Waals surface area contributed by atoms with Crippen LogP contribution in [0.15, 0.2) is 29.4 Å². The van der Waals surface area contributed by atoms with Crippen molar-refractivity contribution in [1.29, 1.82) is 0 Å². The van der Waals surface area contributed by atoms with Crippen molar-refractivity contribution >= 4 is 29.4 Å². The highest BCUT2D eigenvalue weighted by Crippen LogP contribution is 2.41. The summed E-state index contributed by atoms with van der Waals surface area (Å²) in [6, 6.07) is 6.70. The SMILES string of the molecule is Cn1c(SCC(=O)N2CCS[C@H]2c2ccccc2F)nnc1C1CC1. The monoisotopic (exact) mass is 378 g/mol. The molecule has 1 aromatic heterocycles. The van der Waals surface area contributed by atoms with Crippen LogP contribution in [0.25, 0.3) is 0 Å². The van der Waals surface area contributed by atoms with Crippen LogP contribution in [-0.2, 0) is 11.8 Å². The Hall–Kier alpha value is -1.54. The van der Waals surface area contributed by atoms with Gasteiger partial charge in [0.15, 0.2) is 5.16 Å². The summed E-state index contributed by atoms with van der Waals surface area (Å²) in [6.45, 7) is 0.648. The average Bonchev–Trinajstić information content (AvgIpc) is 3.21. The topological polar surface area (TPSA) is 51.0 Å². The molecule has 0 N–H and O–H groups in total. The summed E-state index contributed by atoms with van der Waals surface area (Å²) in [5, 5.41) is 8.98. The highest BCUT2D eigenvalue weighted by molar-refractivity contribution is 8.00. The Bertz CT molecular complexity index is 793. The van der Waals surface area contributed by atoms with Crippen molar-refractivity contribution in [3.8, 4) is 0 Å². The summed E-state index contributed by atoms with van der Waals surface area (Å²) in [4.78, 5) is 14.5. The van der Waals surface area contributed by atoms with Gasteiger partial charge in [0.1, 0.15) is 17.0 Å². The van der Waals surface area contributed by atoms with Crippen molar-refractivity contribution < 1.29 is 9.18 Å². The zero-order chi connectivity index (χ0) is 17.4. The van der Waals surface area contributed by atoms with E-state index in [-0.39, 0.29) is 17.1 Å². The molecule has 2 fully saturated rings. The molecule has 1 saturated heterocycles. The highest BCUT2D eigenvalue weighted by Gasteiger charge is 2.33. The van der Waals surface area contributed by atoms with Crippen LogP contribution in [0, 0.1) is 5.82 Å². The molecule has 0 spiro atoms. The number of aromatic nitrogens is 3. The summed E-state index contributed by atoms with van der Waals surface area (Å²) in [5.74, 6) is 2.42. The Morgan fingerprint density at radius 2 is 2.16 bits per heavy atom. The summed E-state index contributed by atoms with van der Waals surface area (Å²) < 4.78 is 16.1. The predicted octanol–water partition coefficient (Wildman–Crippen LogP) is 3.20. The Labute approximate surface area is 154 Å². The van der Waals surface area contributed by atoms with Crippen LogP contribution >= 0.6 is 23.5 Å². The van der Waals surface area contributed by atoms with Gasteiger partial charge >= 0.3 is 0 Å². The smallest absolute Gasteiger partial charge is 0.234 e. The number of hydrogen-bond acceptors (Lipinski definition) is 5. The lowest BCUT2D eigenvalue weighted by Gasteiger charge is -2.24. The van der Waals surface area contributed by atoms with Crippen molar-refractivity contribution in [2.45, 2.75) is 29.3 Å². The first-order chi connectivity index (χ1) is 12.1. The molecule has 2 aromatic rings. The molecular weight excluding hydrogens is 359 g/mol. The lowest BCUT2D eigenvalue weighted by molar-refractivity contribution is -0.128. The van der Waals surface area contributed by atoms with Crippen molar-refractivity contribution in [3.63, 3.8) is 0 Å². The lowest BCUT2D eigenvalue weighted by atomic mass is 10.2. The van der Waals surface area contributed by atoms with Gasteiger partial charge in [0.2, 0.25) is 5.91 Å². The molecule has 8 heteroatoms. The second-order valence-electron chi connectivity index (χ2n) is 6.29. The normalized spacial score (nSPS) is 20.2. The molecule has 5 nitrogen and oxygen atoms in total. The zero-order valence-corrected chi connectivity index (χ0v) is 15.5. The number of carbonyl (C=O) groups excluding carboxylic acids is 1. The highest BCUT2D eigenvalue weighted by atomic mass is 32.2. The molecule has 2 heterocycles. The van der Waals surface area contributed by atoms with Crippen LogP contribution in [0.1, 0.15) is 35.5 Å². The summed E-state index contributed by atoms with van der Waals surface area (Å²) in [5.41, 5.74) is 0.582. The zero-order valence-electron chi connectivity index (χ0n) is 13.9. The van der Waals surface area contributed by atoms with E-state index in [2.05, 4.69) is 10.2 Å². The van der Waals surface area contributed by atoms with Crippen LogP contribution in [0.3, 0.4) is 0 Å². The second-order valence-corrected chi connectivity index (χ2v) is 8.43. The number of rotatable bonds is 5. The van der Waals surface area contributed by atoms with Gasteiger partial charge in [0.05, 0.1) is 5.75 Å². The maximum absolute atomic E-state index is 14.1. The van der Waals surface area contributed by atoms with Gasteiger partial charge in [-0.05, 0) is 18.9 Å². The first kappa shape index (κ1) is 16.9. The fourth-order valence-electron chi connectivity index (χ4n) is 3.02. The molecule has 2 aliphatic rings. The Balaban J connectivity index is 1.43. The minimum atomic E-state index is -0.255. The molecule has 1 atom stereocenters. The van der Waals surface area contributed by atoms with Gasteiger partial charge in [-0.15, -0.1) is 22.0 Å². The van der Waals surface area contributed by atoms with Crippen LogP contribution in [0.2, 0.25) is 0 Å². The number of hydrogen-bond donors (Lipinski definition) is 0. The van der Waals surface area contributed by atoms with Crippen molar-refractivity contribution in [2.75, 3.05) is 18.1 Å². The number of amides is 1.